The van der Waals surface area contributed by atoms with Crippen LogP contribution < -0.4 is 5.32 Å². The van der Waals surface area contributed by atoms with Crippen molar-refractivity contribution in [2.75, 3.05) is 20.1 Å². The van der Waals surface area contributed by atoms with E-state index >= 15 is 0 Å². The molecule has 0 saturated carbocycles. The molecule has 1 aromatic heterocycles. The second-order valence-corrected chi connectivity index (χ2v) is 9.31. The topological polar surface area (TPSA) is 49.4 Å². The summed E-state index contributed by atoms with van der Waals surface area (Å²) in [5.41, 5.74) is 1.47. The smallest absolute Gasteiger partial charge is 0.244 e. The molecule has 0 radical (unpaired) electrons. The van der Waals surface area contributed by atoms with Crippen LogP contribution in [0, 0.1) is 5.41 Å². The van der Waals surface area contributed by atoms with E-state index in [2.05, 4.69) is 32.2 Å². The Morgan fingerprint density at radius 2 is 2.10 bits per heavy atom. The lowest BCUT2D eigenvalue weighted by Gasteiger charge is -2.31. The highest BCUT2D eigenvalue weighted by Crippen LogP contribution is 2.32. The van der Waals surface area contributed by atoms with E-state index in [-0.39, 0.29) is 5.41 Å². The molecule has 0 unspecified atom stereocenters. The van der Waals surface area contributed by atoms with Gasteiger partial charge in [-0.3, -0.25) is 0 Å². The highest BCUT2D eigenvalue weighted by atomic mass is 32.2. The first-order valence-corrected chi connectivity index (χ1v) is 9.49. The van der Waals surface area contributed by atoms with E-state index in [0.717, 1.165) is 11.3 Å². The van der Waals surface area contributed by atoms with Crippen LogP contribution in [0.4, 0.5) is 0 Å². The van der Waals surface area contributed by atoms with Gasteiger partial charge in [0.15, 0.2) is 0 Å². The third-order valence-corrected chi connectivity index (χ3v) is 6.68. The van der Waals surface area contributed by atoms with Crippen LogP contribution in [-0.2, 0) is 16.6 Å². The Balaban J connectivity index is 2.16. The summed E-state index contributed by atoms with van der Waals surface area (Å²) in [6.07, 6.45) is 2.89. The van der Waals surface area contributed by atoms with Gasteiger partial charge in [0.25, 0.3) is 0 Å². The van der Waals surface area contributed by atoms with Crippen LogP contribution in [0.15, 0.2) is 28.0 Å². The Morgan fingerprint density at radius 3 is 2.62 bits per heavy atom. The number of hydrogen-bond acceptors (Lipinski definition) is 4. The first-order chi connectivity index (χ1) is 9.75. The zero-order valence-corrected chi connectivity index (χ0v) is 14.8. The summed E-state index contributed by atoms with van der Waals surface area (Å²) in [7, 11) is -1.50. The second-order valence-electron chi connectivity index (χ2n) is 6.37. The van der Waals surface area contributed by atoms with Gasteiger partial charge in [-0.25, -0.2) is 8.42 Å². The van der Waals surface area contributed by atoms with E-state index in [9.17, 15) is 8.42 Å². The Bertz CT molecular complexity index is 624. The lowest BCUT2D eigenvalue weighted by molar-refractivity contribution is 0.389. The molecule has 0 spiro atoms. The van der Waals surface area contributed by atoms with Crippen molar-refractivity contribution >= 4 is 21.4 Å². The number of nitrogens with one attached hydrogen (secondary N) is 1. The average molecular weight is 329 g/mol. The number of hydrogen-bond donors (Lipinski definition) is 1. The lowest BCUT2D eigenvalue weighted by atomic mass is 9.83. The van der Waals surface area contributed by atoms with Crippen molar-refractivity contribution in [3.63, 3.8) is 0 Å². The summed E-state index contributed by atoms with van der Waals surface area (Å²) in [5.74, 6) is 0. The fraction of sp³-hybridized carbons (Fsp3) is 0.600. The third-order valence-electron chi connectivity index (χ3n) is 3.75. The molecule has 0 amide bonds. The molecule has 0 bridgehead atoms. The van der Waals surface area contributed by atoms with E-state index in [1.54, 1.807) is 15.8 Å². The zero-order valence-electron chi connectivity index (χ0n) is 13.1. The molecule has 118 valence electrons. The van der Waals surface area contributed by atoms with Gasteiger partial charge < -0.3 is 5.32 Å². The molecule has 0 atom stereocenters. The van der Waals surface area contributed by atoms with Crippen molar-refractivity contribution in [2.45, 2.75) is 38.6 Å². The van der Waals surface area contributed by atoms with Gasteiger partial charge in [0.2, 0.25) is 10.0 Å². The van der Waals surface area contributed by atoms with Crippen molar-refractivity contribution in [1.29, 1.82) is 0 Å². The predicted octanol–water partition coefficient (Wildman–Crippen LogP) is 2.83. The molecule has 0 saturated heterocycles. The number of sulfonamides is 1. The maximum Gasteiger partial charge on any atom is 0.244 e. The van der Waals surface area contributed by atoms with Gasteiger partial charge in [0.05, 0.1) is 4.90 Å². The van der Waals surface area contributed by atoms with E-state index in [0.29, 0.717) is 24.5 Å². The maximum atomic E-state index is 12.6. The maximum absolute atomic E-state index is 12.6. The van der Waals surface area contributed by atoms with Crippen LogP contribution in [0.2, 0.25) is 0 Å². The highest BCUT2D eigenvalue weighted by molar-refractivity contribution is 7.89. The molecule has 4 nitrogen and oxygen atoms in total. The number of rotatable bonds is 4. The minimum atomic E-state index is -3.36. The van der Waals surface area contributed by atoms with Crippen LogP contribution in [0.1, 0.15) is 32.1 Å². The molecule has 2 heterocycles. The van der Waals surface area contributed by atoms with E-state index in [4.69, 9.17) is 0 Å². The Morgan fingerprint density at radius 1 is 1.38 bits per heavy atom. The minimum absolute atomic E-state index is 0.123. The molecule has 0 fully saturated rings. The van der Waals surface area contributed by atoms with Crippen LogP contribution in [0.5, 0.6) is 0 Å². The molecule has 0 aliphatic carbocycles. The van der Waals surface area contributed by atoms with Gasteiger partial charge in [-0.05, 0) is 24.9 Å². The fourth-order valence-corrected chi connectivity index (χ4v) is 5.12. The van der Waals surface area contributed by atoms with Gasteiger partial charge in [-0.15, -0.1) is 11.3 Å². The summed E-state index contributed by atoms with van der Waals surface area (Å²) < 4.78 is 26.9. The zero-order chi connectivity index (χ0) is 15.7. The lowest BCUT2D eigenvalue weighted by Crippen LogP contribution is -2.36. The Hall–Kier alpha value is -0.690. The van der Waals surface area contributed by atoms with Gasteiger partial charge in [-0.1, -0.05) is 32.4 Å². The first kappa shape index (κ1) is 16.7. The first-order valence-electron chi connectivity index (χ1n) is 7.17. The molecular formula is C15H24N2O2S2. The molecule has 0 aromatic carbocycles. The monoisotopic (exact) mass is 328 g/mol. The van der Waals surface area contributed by atoms with Gasteiger partial charge in [-0.2, -0.15) is 4.31 Å². The third kappa shape index (κ3) is 3.74. The molecule has 1 N–H and O–H groups in total. The minimum Gasteiger partial charge on any atom is -0.315 e. The Kier molecular flexibility index (Phi) is 4.92. The average Bonchev–Trinajstić information content (AvgIpc) is 2.88. The molecule has 1 aliphatic rings. The van der Waals surface area contributed by atoms with Crippen LogP contribution in [0.3, 0.4) is 0 Å². The van der Waals surface area contributed by atoms with Gasteiger partial charge >= 0.3 is 0 Å². The fourth-order valence-electron chi connectivity index (χ4n) is 2.46. The summed E-state index contributed by atoms with van der Waals surface area (Å²) >= 11 is 1.49. The van der Waals surface area contributed by atoms with Crippen molar-refractivity contribution in [3.05, 3.63) is 28.0 Å². The van der Waals surface area contributed by atoms with E-state index in [1.807, 2.05) is 7.05 Å². The molecule has 1 aromatic rings. The summed E-state index contributed by atoms with van der Waals surface area (Å²) in [6.45, 7) is 8.27. The van der Waals surface area contributed by atoms with Crippen molar-refractivity contribution in [3.8, 4) is 0 Å². The molecule has 21 heavy (non-hydrogen) atoms. The van der Waals surface area contributed by atoms with E-state index in [1.165, 1.54) is 16.9 Å². The van der Waals surface area contributed by atoms with Crippen LogP contribution in [-0.4, -0.2) is 32.9 Å². The van der Waals surface area contributed by atoms with Crippen LogP contribution in [0.25, 0.3) is 0 Å². The Labute approximate surface area is 131 Å². The SMILES string of the molecule is CNCc1cc(S(=O)(=O)N2CC=C(C(C)(C)C)CC2)cs1. The second kappa shape index (κ2) is 6.20. The summed E-state index contributed by atoms with van der Waals surface area (Å²) in [6, 6.07) is 1.78. The highest BCUT2D eigenvalue weighted by Gasteiger charge is 2.29. The van der Waals surface area contributed by atoms with Crippen molar-refractivity contribution < 1.29 is 8.42 Å². The standard InChI is InChI=1S/C15H24N2O2S2/c1-15(2,3)12-5-7-17(8-6-12)21(18,19)14-9-13(10-16-4)20-11-14/h5,9,11,16H,6-8,10H2,1-4H3. The quantitative estimate of drug-likeness (QED) is 0.865. The van der Waals surface area contributed by atoms with Gasteiger partial charge in [0.1, 0.15) is 0 Å². The normalized spacial score (nSPS) is 17.8. The predicted molar refractivity (Wildman–Crippen MR) is 88.0 cm³/mol. The summed E-state index contributed by atoms with van der Waals surface area (Å²) in [4.78, 5) is 1.46. The van der Waals surface area contributed by atoms with Crippen molar-refractivity contribution in [1.82, 2.24) is 9.62 Å². The summed E-state index contributed by atoms with van der Waals surface area (Å²) in [5, 5.41) is 4.78. The number of thiophene rings is 1. The molecule has 2 rings (SSSR count). The van der Waals surface area contributed by atoms with Crippen LogP contribution >= 0.6 is 11.3 Å². The van der Waals surface area contributed by atoms with E-state index < -0.39 is 10.0 Å². The van der Waals surface area contributed by atoms with Gasteiger partial charge in [0, 0.05) is 29.9 Å². The number of nitrogens with zero attached hydrogens (tertiary/aromatic N) is 1. The molecule has 1 aliphatic heterocycles. The molecule has 6 heteroatoms. The molecular weight excluding hydrogens is 304 g/mol. The van der Waals surface area contributed by atoms with Crippen molar-refractivity contribution in [2.24, 2.45) is 5.41 Å². The largest absolute Gasteiger partial charge is 0.315 e.